The minimum atomic E-state index is 0.205. The number of hydrogen-bond donors (Lipinski definition) is 1. The van der Waals surface area contributed by atoms with Crippen molar-refractivity contribution in [3.8, 4) is 33.1 Å². The molecule has 4 nitrogen and oxygen atoms in total. The molecule has 0 aliphatic carbocycles. The Morgan fingerprint density at radius 2 is 1.39 bits per heavy atom. The van der Waals surface area contributed by atoms with E-state index in [4.69, 9.17) is 9.98 Å². The summed E-state index contributed by atoms with van der Waals surface area (Å²) in [5.74, 6) is 0.205. The molecule has 2 aromatic heterocycles. The Labute approximate surface area is 271 Å². The van der Waals surface area contributed by atoms with Crippen LogP contribution < -0.4 is 0 Å². The summed E-state index contributed by atoms with van der Waals surface area (Å²) < 4.78 is 4.50. The van der Waals surface area contributed by atoms with E-state index in [1.807, 2.05) is 36.4 Å². The number of aliphatic imine (C=N–C) groups is 1. The van der Waals surface area contributed by atoms with Gasteiger partial charge < -0.3 is 9.67 Å². The Balaban J connectivity index is 1.34. The first-order chi connectivity index (χ1) is 21.6. The van der Waals surface area contributed by atoms with Gasteiger partial charge in [0.1, 0.15) is 10.8 Å². The molecule has 6 heteroatoms. The Kier molecular flexibility index (Phi) is 6.73. The molecule has 0 aliphatic rings. The van der Waals surface area contributed by atoms with Crippen LogP contribution in [0.15, 0.2) is 138 Å². The minimum absolute atomic E-state index is 0.205. The predicted molar refractivity (Wildman–Crippen MR) is 193 cm³/mol. The summed E-state index contributed by atoms with van der Waals surface area (Å²) >= 11 is 3.91. The number of halogens is 1. The molecule has 0 bridgehead atoms. The quantitative estimate of drug-likeness (QED) is 0.144. The van der Waals surface area contributed by atoms with E-state index in [1.54, 1.807) is 23.6 Å². The highest BCUT2D eigenvalue weighted by Gasteiger charge is 2.18. The SMILES string of the molecule is Oc1ccc(I)cc1C=Nc1ccccc1-c1nc2c(-c3ccccc3)cc(-n3c4ccccc4c4ccccc43)cc2s1. The zero-order valence-corrected chi connectivity index (χ0v) is 26.3. The standard InChI is InChI=1S/C38H24IN3OS/c39-26-18-19-35(43)25(20-26)23-40-32-15-7-4-14-30(32)38-41-37-31(24-10-2-1-3-11-24)21-27(22-36(37)44-38)42-33-16-8-5-12-28(33)29-13-6-9-17-34(29)42/h1-23,43H. The van der Waals surface area contributed by atoms with Crippen molar-refractivity contribution in [2.75, 3.05) is 0 Å². The fraction of sp³-hybridized carbons (Fsp3) is 0. The van der Waals surface area contributed by atoms with E-state index in [9.17, 15) is 5.11 Å². The first-order valence-corrected chi connectivity index (χ1v) is 16.1. The maximum Gasteiger partial charge on any atom is 0.126 e. The van der Waals surface area contributed by atoms with Gasteiger partial charge in [-0.15, -0.1) is 11.3 Å². The Hall–Kier alpha value is -4.79. The number of nitrogens with zero attached hydrogens (tertiary/aromatic N) is 3. The van der Waals surface area contributed by atoms with Gasteiger partial charge in [-0.2, -0.15) is 0 Å². The highest BCUT2D eigenvalue weighted by Crippen LogP contribution is 2.42. The van der Waals surface area contributed by atoms with E-state index in [0.717, 1.165) is 46.9 Å². The van der Waals surface area contributed by atoms with Crippen LogP contribution in [-0.4, -0.2) is 20.9 Å². The minimum Gasteiger partial charge on any atom is -0.507 e. The second-order valence-corrected chi connectivity index (χ2v) is 12.8. The third kappa shape index (κ3) is 4.67. The molecule has 8 aromatic rings. The molecule has 0 amide bonds. The third-order valence-electron chi connectivity index (χ3n) is 7.87. The summed E-state index contributed by atoms with van der Waals surface area (Å²) in [5.41, 5.74) is 9.06. The lowest BCUT2D eigenvalue weighted by atomic mass is 10.0. The van der Waals surface area contributed by atoms with Gasteiger partial charge in [0.15, 0.2) is 0 Å². The Bertz CT molecular complexity index is 2320. The molecular formula is C38H24IN3OS. The van der Waals surface area contributed by atoms with E-state index in [0.29, 0.717) is 5.56 Å². The van der Waals surface area contributed by atoms with Gasteiger partial charge in [0, 0.05) is 42.9 Å². The lowest BCUT2D eigenvalue weighted by Gasteiger charge is -2.11. The first kappa shape index (κ1) is 26.8. The van der Waals surface area contributed by atoms with Crippen molar-refractivity contribution in [1.82, 2.24) is 9.55 Å². The summed E-state index contributed by atoms with van der Waals surface area (Å²) in [6.07, 6.45) is 1.72. The fourth-order valence-electron chi connectivity index (χ4n) is 5.83. The molecule has 0 atom stereocenters. The number of aromatic nitrogens is 2. The van der Waals surface area contributed by atoms with Gasteiger partial charge in [0.2, 0.25) is 0 Å². The first-order valence-electron chi connectivity index (χ1n) is 14.2. The van der Waals surface area contributed by atoms with Gasteiger partial charge in [-0.1, -0.05) is 78.9 Å². The number of hydrogen-bond acceptors (Lipinski definition) is 4. The van der Waals surface area contributed by atoms with Crippen LogP contribution in [0.25, 0.3) is 59.4 Å². The predicted octanol–water partition coefficient (Wildman–Crippen LogP) is 10.8. The summed E-state index contributed by atoms with van der Waals surface area (Å²) in [4.78, 5) is 10.0. The van der Waals surface area contributed by atoms with Crippen LogP contribution in [0, 0.1) is 3.57 Å². The van der Waals surface area contributed by atoms with E-state index >= 15 is 0 Å². The van der Waals surface area contributed by atoms with E-state index < -0.39 is 0 Å². The lowest BCUT2D eigenvalue weighted by Crippen LogP contribution is -1.95. The van der Waals surface area contributed by atoms with E-state index in [-0.39, 0.29) is 5.75 Å². The van der Waals surface area contributed by atoms with Gasteiger partial charge in [-0.3, -0.25) is 4.99 Å². The number of thiazole rings is 1. The van der Waals surface area contributed by atoms with Crippen LogP contribution in [0.2, 0.25) is 0 Å². The average Bonchev–Trinajstić information content (AvgIpc) is 3.65. The monoisotopic (exact) mass is 697 g/mol. The zero-order chi connectivity index (χ0) is 29.6. The van der Waals surface area contributed by atoms with Crippen molar-refractivity contribution in [3.63, 3.8) is 0 Å². The molecule has 0 unspecified atom stereocenters. The maximum atomic E-state index is 10.4. The fourth-order valence-corrected chi connectivity index (χ4v) is 7.41. The number of aromatic hydroxyl groups is 1. The van der Waals surface area contributed by atoms with Crippen molar-refractivity contribution in [1.29, 1.82) is 0 Å². The largest absolute Gasteiger partial charge is 0.507 e. The van der Waals surface area contributed by atoms with Crippen molar-refractivity contribution < 1.29 is 5.11 Å². The van der Waals surface area contributed by atoms with Gasteiger partial charge >= 0.3 is 0 Å². The van der Waals surface area contributed by atoms with E-state index in [1.165, 1.54) is 21.8 Å². The molecule has 8 rings (SSSR count). The third-order valence-corrected chi connectivity index (χ3v) is 9.58. The second kappa shape index (κ2) is 11.0. The van der Waals surface area contributed by atoms with Crippen LogP contribution >= 0.6 is 33.9 Å². The van der Waals surface area contributed by atoms with Crippen LogP contribution in [0.5, 0.6) is 5.75 Å². The average molecular weight is 698 g/mol. The van der Waals surface area contributed by atoms with Gasteiger partial charge in [0.25, 0.3) is 0 Å². The van der Waals surface area contributed by atoms with E-state index in [2.05, 4.69) is 118 Å². The molecule has 0 aliphatic heterocycles. The van der Waals surface area contributed by atoms with Crippen molar-refractivity contribution in [3.05, 3.63) is 143 Å². The van der Waals surface area contributed by atoms with Crippen molar-refractivity contribution in [2.45, 2.75) is 0 Å². The molecular weight excluding hydrogens is 673 g/mol. The molecule has 1 N–H and O–H groups in total. The molecule has 0 radical (unpaired) electrons. The van der Waals surface area contributed by atoms with Crippen LogP contribution in [0.1, 0.15) is 5.56 Å². The number of para-hydroxylation sites is 3. The molecule has 0 fully saturated rings. The summed E-state index contributed by atoms with van der Waals surface area (Å²) in [7, 11) is 0. The van der Waals surface area contributed by atoms with Crippen molar-refractivity contribution >= 4 is 77.9 Å². The Morgan fingerprint density at radius 1 is 0.705 bits per heavy atom. The molecule has 210 valence electrons. The molecule has 0 saturated carbocycles. The number of fused-ring (bicyclic) bond motifs is 4. The Morgan fingerprint density at radius 3 is 2.16 bits per heavy atom. The smallest absolute Gasteiger partial charge is 0.126 e. The molecule has 6 aromatic carbocycles. The molecule has 0 spiro atoms. The number of phenols is 1. The second-order valence-electron chi connectivity index (χ2n) is 10.6. The summed E-state index contributed by atoms with van der Waals surface area (Å²) in [6.45, 7) is 0. The summed E-state index contributed by atoms with van der Waals surface area (Å²) in [6, 6.07) is 45.8. The van der Waals surface area contributed by atoms with Gasteiger partial charge in [-0.25, -0.2) is 4.98 Å². The van der Waals surface area contributed by atoms with Crippen LogP contribution in [-0.2, 0) is 0 Å². The van der Waals surface area contributed by atoms with Gasteiger partial charge in [0.05, 0.1) is 26.9 Å². The summed E-state index contributed by atoms with van der Waals surface area (Å²) in [5, 5.41) is 13.7. The van der Waals surface area contributed by atoms with Crippen LogP contribution in [0.3, 0.4) is 0 Å². The normalized spacial score (nSPS) is 11.8. The van der Waals surface area contributed by atoms with Gasteiger partial charge in [-0.05, 0) is 82.8 Å². The van der Waals surface area contributed by atoms with Crippen molar-refractivity contribution in [2.24, 2.45) is 4.99 Å². The number of phenolic OH excluding ortho intramolecular Hbond substituents is 1. The van der Waals surface area contributed by atoms with Crippen LogP contribution in [0.4, 0.5) is 5.69 Å². The number of benzene rings is 6. The number of rotatable bonds is 5. The topological polar surface area (TPSA) is 50.4 Å². The molecule has 0 saturated heterocycles. The maximum absolute atomic E-state index is 10.4. The highest BCUT2D eigenvalue weighted by atomic mass is 127. The molecule has 2 heterocycles. The zero-order valence-electron chi connectivity index (χ0n) is 23.4. The molecule has 44 heavy (non-hydrogen) atoms. The lowest BCUT2D eigenvalue weighted by molar-refractivity contribution is 0.474. The highest BCUT2D eigenvalue weighted by molar-refractivity contribution is 14.1.